The fraction of sp³-hybridized carbons (Fsp3) is 0.611. The molecule has 120 valence electrons. The summed E-state index contributed by atoms with van der Waals surface area (Å²) in [5, 5.41) is 0. The van der Waals surface area contributed by atoms with Crippen LogP contribution < -0.4 is 0 Å². The highest BCUT2D eigenvalue weighted by Gasteiger charge is 2.21. The van der Waals surface area contributed by atoms with Crippen LogP contribution in [0.4, 0.5) is 0 Å². The summed E-state index contributed by atoms with van der Waals surface area (Å²) < 4.78 is 0. The van der Waals surface area contributed by atoms with Crippen LogP contribution in [0.3, 0.4) is 0 Å². The fourth-order valence-corrected chi connectivity index (χ4v) is 3.47. The summed E-state index contributed by atoms with van der Waals surface area (Å²) in [6, 6.07) is 8.67. The van der Waals surface area contributed by atoms with Crippen LogP contribution in [0.25, 0.3) is 0 Å². The van der Waals surface area contributed by atoms with Gasteiger partial charge in [-0.05, 0) is 24.1 Å². The molecule has 1 aromatic rings. The number of benzene rings is 1. The molecule has 0 radical (unpaired) electrons. The van der Waals surface area contributed by atoms with Gasteiger partial charge in [0.05, 0.1) is 0 Å². The average Bonchev–Trinajstić information content (AvgIpc) is 2.59. The van der Waals surface area contributed by atoms with Gasteiger partial charge < -0.3 is 9.80 Å². The summed E-state index contributed by atoms with van der Waals surface area (Å²) in [6.45, 7) is 10.1. The molecule has 0 unspecified atom stereocenters. The van der Waals surface area contributed by atoms with E-state index in [-0.39, 0.29) is 0 Å². The molecule has 0 saturated carbocycles. The van der Waals surface area contributed by atoms with E-state index in [1.54, 1.807) is 0 Å². The molecule has 3 rings (SSSR count). The Kier molecular flexibility index (Phi) is 5.11. The smallest absolute Gasteiger partial charge is 0.223 e. The van der Waals surface area contributed by atoms with E-state index < -0.39 is 0 Å². The molecule has 0 bridgehead atoms. The van der Waals surface area contributed by atoms with Gasteiger partial charge in [-0.1, -0.05) is 31.2 Å². The highest BCUT2D eigenvalue weighted by atomic mass is 16.2. The Labute approximate surface area is 133 Å². The number of carbonyl (C=O) groups excluding carboxylic acids is 1. The summed E-state index contributed by atoms with van der Waals surface area (Å²) in [6.07, 6.45) is 1.77. The summed E-state index contributed by atoms with van der Waals surface area (Å²) in [5.74, 6) is 0.328. The second-order valence-corrected chi connectivity index (χ2v) is 6.36. The maximum absolute atomic E-state index is 12.4. The molecule has 1 fully saturated rings. The zero-order chi connectivity index (χ0) is 15.4. The van der Waals surface area contributed by atoms with Gasteiger partial charge in [0.25, 0.3) is 0 Å². The van der Waals surface area contributed by atoms with Crippen LogP contribution in [0.1, 0.15) is 24.5 Å². The normalized spacial score (nSPS) is 20.0. The molecule has 1 saturated heterocycles. The van der Waals surface area contributed by atoms with E-state index in [2.05, 4.69) is 41.0 Å². The molecule has 4 nitrogen and oxygen atoms in total. The van der Waals surface area contributed by atoms with Gasteiger partial charge in [0.15, 0.2) is 0 Å². The number of nitrogens with zero attached hydrogens (tertiary/aromatic N) is 3. The molecule has 22 heavy (non-hydrogen) atoms. The zero-order valence-corrected chi connectivity index (χ0v) is 13.6. The topological polar surface area (TPSA) is 26.8 Å². The van der Waals surface area contributed by atoms with Crippen molar-refractivity contribution >= 4 is 5.91 Å². The number of carbonyl (C=O) groups is 1. The Morgan fingerprint density at radius 2 is 1.73 bits per heavy atom. The molecule has 0 spiro atoms. The number of likely N-dealkylation sites (N-methyl/N-ethyl adjacent to an activating group) is 1. The first-order valence-corrected chi connectivity index (χ1v) is 8.55. The minimum atomic E-state index is 0.328. The first kappa shape index (κ1) is 15.5. The summed E-state index contributed by atoms with van der Waals surface area (Å²) in [5.41, 5.74) is 2.90. The Bertz CT molecular complexity index is 509. The minimum absolute atomic E-state index is 0.328. The van der Waals surface area contributed by atoms with Crippen LogP contribution in [0, 0.1) is 0 Å². The van der Waals surface area contributed by atoms with Crippen molar-refractivity contribution in [1.82, 2.24) is 14.7 Å². The van der Waals surface area contributed by atoms with Crippen molar-refractivity contribution in [2.45, 2.75) is 26.3 Å². The van der Waals surface area contributed by atoms with Gasteiger partial charge in [-0.15, -0.1) is 0 Å². The van der Waals surface area contributed by atoms with E-state index in [1.165, 1.54) is 11.1 Å². The maximum atomic E-state index is 12.4. The third-order valence-corrected chi connectivity index (χ3v) is 5.02. The molecule has 2 heterocycles. The monoisotopic (exact) mass is 301 g/mol. The van der Waals surface area contributed by atoms with Crippen molar-refractivity contribution in [3.63, 3.8) is 0 Å². The van der Waals surface area contributed by atoms with Gasteiger partial charge in [0, 0.05) is 52.2 Å². The first-order valence-electron chi connectivity index (χ1n) is 8.55. The summed E-state index contributed by atoms with van der Waals surface area (Å²) in [4.78, 5) is 19.2. The van der Waals surface area contributed by atoms with E-state index in [0.717, 1.165) is 58.8 Å². The van der Waals surface area contributed by atoms with E-state index >= 15 is 0 Å². The molecule has 4 heteroatoms. The number of amides is 1. The van der Waals surface area contributed by atoms with Crippen molar-refractivity contribution < 1.29 is 4.79 Å². The Hall–Kier alpha value is -1.39. The molecule has 0 N–H and O–H groups in total. The SMILES string of the molecule is CCN1CCN(C(=O)CCN2CCc3ccccc3C2)CC1. The highest BCUT2D eigenvalue weighted by Crippen LogP contribution is 2.18. The van der Waals surface area contributed by atoms with Gasteiger partial charge in [0.2, 0.25) is 5.91 Å². The Morgan fingerprint density at radius 3 is 2.45 bits per heavy atom. The van der Waals surface area contributed by atoms with Crippen molar-refractivity contribution in [2.24, 2.45) is 0 Å². The number of rotatable bonds is 4. The standard InChI is InChI=1S/C18H27N3O/c1-2-19-11-13-21(14-12-19)18(22)8-10-20-9-7-16-5-3-4-6-17(16)15-20/h3-6H,2,7-15H2,1H3. The predicted molar refractivity (Wildman–Crippen MR) is 88.7 cm³/mol. The number of hydrogen-bond acceptors (Lipinski definition) is 3. The lowest BCUT2D eigenvalue weighted by Crippen LogP contribution is -2.49. The van der Waals surface area contributed by atoms with E-state index in [1.807, 2.05) is 4.90 Å². The maximum Gasteiger partial charge on any atom is 0.223 e. The average molecular weight is 301 g/mol. The number of piperazine rings is 1. The van der Waals surface area contributed by atoms with Gasteiger partial charge in [-0.25, -0.2) is 0 Å². The number of hydrogen-bond donors (Lipinski definition) is 0. The lowest BCUT2D eigenvalue weighted by molar-refractivity contribution is -0.133. The molecule has 0 aliphatic carbocycles. The van der Waals surface area contributed by atoms with Gasteiger partial charge in [0.1, 0.15) is 0 Å². The van der Waals surface area contributed by atoms with Crippen LogP contribution in [0.2, 0.25) is 0 Å². The summed E-state index contributed by atoms with van der Waals surface area (Å²) in [7, 11) is 0. The minimum Gasteiger partial charge on any atom is -0.340 e. The predicted octanol–water partition coefficient (Wildman–Crippen LogP) is 1.60. The Morgan fingerprint density at radius 1 is 1.00 bits per heavy atom. The largest absolute Gasteiger partial charge is 0.340 e. The molecule has 1 amide bonds. The van der Waals surface area contributed by atoms with Crippen LogP contribution in [-0.4, -0.2) is 66.4 Å². The molecular weight excluding hydrogens is 274 g/mol. The molecular formula is C18H27N3O. The van der Waals surface area contributed by atoms with Crippen molar-refractivity contribution in [3.05, 3.63) is 35.4 Å². The van der Waals surface area contributed by atoms with Crippen molar-refractivity contribution in [1.29, 1.82) is 0 Å². The fourth-order valence-electron chi connectivity index (χ4n) is 3.47. The van der Waals surface area contributed by atoms with Crippen LogP contribution in [-0.2, 0) is 17.8 Å². The van der Waals surface area contributed by atoms with Crippen LogP contribution in [0.5, 0.6) is 0 Å². The van der Waals surface area contributed by atoms with Gasteiger partial charge >= 0.3 is 0 Å². The number of fused-ring (bicyclic) bond motifs is 1. The van der Waals surface area contributed by atoms with Gasteiger partial charge in [-0.3, -0.25) is 9.69 Å². The third kappa shape index (κ3) is 3.68. The molecule has 1 aromatic carbocycles. The third-order valence-electron chi connectivity index (χ3n) is 5.02. The van der Waals surface area contributed by atoms with Gasteiger partial charge in [-0.2, -0.15) is 0 Å². The lowest BCUT2D eigenvalue weighted by Gasteiger charge is -2.35. The highest BCUT2D eigenvalue weighted by molar-refractivity contribution is 5.76. The second-order valence-electron chi connectivity index (χ2n) is 6.36. The van der Waals surface area contributed by atoms with Crippen molar-refractivity contribution in [2.75, 3.05) is 45.8 Å². The first-order chi connectivity index (χ1) is 10.8. The molecule has 2 aliphatic heterocycles. The van der Waals surface area contributed by atoms with E-state index in [9.17, 15) is 4.79 Å². The second kappa shape index (κ2) is 7.25. The van der Waals surface area contributed by atoms with Crippen LogP contribution in [0.15, 0.2) is 24.3 Å². The van der Waals surface area contributed by atoms with E-state index in [4.69, 9.17) is 0 Å². The Balaban J connectivity index is 1.44. The molecule has 2 aliphatic rings. The van der Waals surface area contributed by atoms with Crippen LogP contribution >= 0.6 is 0 Å². The molecule has 0 aromatic heterocycles. The van der Waals surface area contributed by atoms with E-state index in [0.29, 0.717) is 12.3 Å². The zero-order valence-electron chi connectivity index (χ0n) is 13.6. The lowest BCUT2D eigenvalue weighted by atomic mass is 10.00. The quantitative estimate of drug-likeness (QED) is 0.845. The van der Waals surface area contributed by atoms with Crippen molar-refractivity contribution in [3.8, 4) is 0 Å². The molecule has 0 atom stereocenters. The summed E-state index contributed by atoms with van der Waals surface area (Å²) >= 11 is 0.